The van der Waals surface area contributed by atoms with Crippen LogP contribution in [0.2, 0.25) is 0 Å². The van der Waals surface area contributed by atoms with Crippen LogP contribution in [0.15, 0.2) is 0 Å². The molecule has 0 rings (SSSR count). The van der Waals surface area contributed by atoms with E-state index in [0.29, 0.717) is 0 Å². The Morgan fingerprint density at radius 3 is 2.50 bits per heavy atom. The van der Waals surface area contributed by atoms with E-state index in [4.69, 9.17) is 11.2 Å². The van der Waals surface area contributed by atoms with Gasteiger partial charge in [0.15, 0.2) is 0 Å². The molecule has 0 aromatic carbocycles. The first kappa shape index (κ1) is 9.41. The number of hydrogen-bond acceptors (Lipinski definition) is 2. The molecule has 0 unspecified atom stereocenters. The average Bonchev–Trinajstić information content (AvgIpc) is 1.83. The van der Waals surface area contributed by atoms with E-state index in [0.717, 1.165) is 0 Å². The molecule has 0 spiro atoms. The number of rotatable bonds is 0. The maximum absolute atomic E-state index is 4.91. The van der Waals surface area contributed by atoms with Crippen molar-refractivity contribution in [3.05, 3.63) is 0 Å². The third kappa shape index (κ3) is 5.54. The summed E-state index contributed by atoms with van der Waals surface area (Å²) >= 11 is 9.52. The van der Waals surface area contributed by atoms with Crippen LogP contribution in [0.4, 0.5) is 0 Å². The summed E-state index contributed by atoms with van der Waals surface area (Å²) in [6, 6.07) is 0. The normalized spacial score (nSPS) is 7.00. The maximum Gasteiger partial charge on any atom is -0.00000000260 e. The summed E-state index contributed by atoms with van der Waals surface area (Å²) in [5.74, 6) is 3.59. The highest BCUT2D eigenvalue weighted by molar-refractivity contribution is 8.75. The predicted molar refractivity (Wildman–Crippen MR) is 58.7 cm³/mol. The first-order valence-corrected chi connectivity index (χ1v) is 9.87. The van der Waals surface area contributed by atoms with Crippen LogP contribution in [0.1, 0.15) is 0 Å². The van der Waals surface area contributed by atoms with Gasteiger partial charge in [-0.2, -0.15) is 0 Å². The highest BCUT2D eigenvalue weighted by Crippen LogP contribution is 1.40. The van der Waals surface area contributed by atoms with E-state index in [2.05, 4.69) is 17.1 Å². The molecule has 0 aliphatic rings. The van der Waals surface area contributed by atoms with E-state index < -0.39 is 0 Å². The smallest absolute Gasteiger partial charge is 0.00000000260 e. The van der Waals surface area contributed by atoms with Crippen LogP contribution in [-0.4, -0.2) is 5.87 Å². The molecule has 48 valence electrons. The van der Waals surface area contributed by atoms with Crippen molar-refractivity contribution in [3.63, 3.8) is 0 Å². The minimum Gasteiger partial charge on any atom is -0.0850 e. The minimum absolute atomic E-state index is 0.0958. The fraction of sp³-hybridized carbons (Fsp3) is 0. The fourth-order valence-corrected chi connectivity index (χ4v) is 9.86. The molecule has 7 heteroatoms. The molecule has 0 amide bonds. The second kappa shape index (κ2) is 6.53. The number of hydrogen-bond donors (Lipinski definition) is 0. The summed E-state index contributed by atoms with van der Waals surface area (Å²) in [6.07, 6.45) is 0. The molecule has 0 fully saturated rings. The van der Waals surface area contributed by atoms with Gasteiger partial charge in [-0.3, -0.25) is 0 Å². The summed E-state index contributed by atoms with van der Waals surface area (Å²) in [6.45, 7) is -0.0958. The Morgan fingerprint density at radius 2 is 2.12 bits per heavy atom. The third-order valence-corrected chi connectivity index (χ3v) is 11.6. The Kier molecular flexibility index (Phi) is 7.68. The van der Waals surface area contributed by atoms with E-state index in [1.165, 1.54) is 27.7 Å². The summed E-state index contributed by atoms with van der Waals surface area (Å²) in [4.78, 5) is 0. The molecule has 0 aromatic rings. The molecule has 0 aliphatic heterocycles. The summed E-state index contributed by atoms with van der Waals surface area (Å²) in [5.41, 5.74) is 0. The molecule has 0 N–H and O–H groups in total. The molecule has 0 saturated carbocycles. The van der Waals surface area contributed by atoms with Crippen molar-refractivity contribution in [2.45, 2.75) is 0 Å². The van der Waals surface area contributed by atoms with Crippen LogP contribution in [-0.2, 0) is 65.5 Å². The topological polar surface area (TPSA) is 0 Å². The van der Waals surface area contributed by atoms with Gasteiger partial charge in [0.2, 0.25) is 0 Å². The van der Waals surface area contributed by atoms with E-state index in [1.54, 1.807) is 8.88 Å². The zero-order valence-electron chi connectivity index (χ0n) is 3.56. The largest absolute Gasteiger partial charge is 0.0850 e. The van der Waals surface area contributed by atoms with Crippen molar-refractivity contribution in [1.29, 1.82) is 0 Å². The Balaban J connectivity index is 5.72. The molecule has 0 atom stereocenters. The van der Waals surface area contributed by atoms with Crippen molar-refractivity contribution in [1.82, 2.24) is 0 Å². The molecule has 0 nitrogen and oxygen atoms in total. The lowest BCUT2D eigenvalue weighted by atomic mass is 12.0. The van der Waals surface area contributed by atoms with Crippen LogP contribution in [0.5, 0.6) is 0 Å². The predicted octanol–water partition coefficient (Wildman–Crippen LogP) is -0.0491. The summed E-state index contributed by atoms with van der Waals surface area (Å²) in [5, 5.41) is 0. The van der Waals surface area contributed by atoms with Gasteiger partial charge >= 0.3 is 0 Å². The lowest BCUT2D eigenvalue weighted by Crippen LogP contribution is -1.42. The second-order valence-corrected chi connectivity index (χ2v) is 12.1. The fourth-order valence-electron chi connectivity index (χ4n) is 0.0537. The lowest BCUT2D eigenvalue weighted by molar-refractivity contribution is 4.79. The van der Waals surface area contributed by atoms with Crippen molar-refractivity contribution in [2.75, 3.05) is 0 Å². The van der Waals surface area contributed by atoms with Gasteiger partial charge in [0.1, 0.15) is 0 Å². The summed E-state index contributed by atoms with van der Waals surface area (Å²) in [7, 11) is 5.88. The zero-order chi connectivity index (χ0) is 6.41. The van der Waals surface area contributed by atoms with Crippen LogP contribution in [0, 0.1) is 0 Å². The Hall–Kier alpha value is 1.41. The van der Waals surface area contributed by atoms with Crippen LogP contribution < -0.4 is 0 Å². The van der Waals surface area contributed by atoms with Gasteiger partial charge in [-0.15, -0.1) is 0 Å². The summed E-state index contributed by atoms with van der Waals surface area (Å²) < 4.78 is 0. The van der Waals surface area contributed by atoms with Crippen LogP contribution >= 0.6 is 0 Å². The molecule has 0 saturated heterocycles. The highest BCUT2D eigenvalue weighted by atomic mass is 33.4. The quantitative estimate of drug-likeness (QED) is 0.543. The van der Waals surface area contributed by atoms with Gasteiger partial charge < -0.3 is 0 Å². The van der Waals surface area contributed by atoms with Gasteiger partial charge in [-0.05, 0) is 61.5 Å². The van der Waals surface area contributed by atoms with E-state index in [-0.39, 0.29) is 6.57 Å². The molecule has 0 bridgehead atoms. The zero-order valence-corrected chi connectivity index (χ0v) is 9.28. The molecular weight excluding hydrogens is 236 g/mol. The Morgan fingerprint density at radius 1 is 1.50 bits per heavy atom. The SMILES string of the molecule is C=S=S(=S)=S=S=S=S. The highest BCUT2D eigenvalue weighted by Gasteiger charge is 1.39. The molecule has 0 aliphatic carbocycles. The Labute approximate surface area is 70.6 Å². The van der Waals surface area contributed by atoms with Gasteiger partial charge in [-0.1, -0.05) is 9.91 Å². The van der Waals surface area contributed by atoms with Crippen molar-refractivity contribution >= 4 is 71.4 Å². The van der Waals surface area contributed by atoms with Crippen LogP contribution in [0.3, 0.4) is 0 Å². The third-order valence-electron chi connectivity index (χ3n) is 0.207. The minimum atomic E-state index is -0.0958. The van der Waals surface area contributed by atoms with Gasteiger partial charge in [0.05, 0.1) is 0 Å². The van der Waals surface area contributed by atoms with Gasteiger partial charge in [0.25, 0.3) is 0 Å². The standard InChI is InChI=1S/CH2S7/c1-4-8(3)7-6-5-2/h1H2. The first-order chi connectivity index (χ1) is 3.81. The van der Waals surface area contributed by atoms with Crippen molar-refractivity contribution < 1.29 is 0 Å². The van der Waals surface area contributed by atoms with Crippen LogP contribution in [0.25, 0.3) is 0 Å². The maximum atomic E-state index is 4.91. The van der Waals surface area contributed by atoms with E-state index >= 15 is 0 Å². The van der Waals surface area contributed by atoms with E-state index in [9.17, 15) is 0 Å². The molecule has 0 aromatic heterocycles. The average molecular weight is 238 g/mol. The monoisotopic (exact) mass is 238 g/mol. The Bertz CT molecular complexity index is 307. The molecule has 0 heterocycles. The molecule has 8 heavy (non-hydrogen) atoms. The van der Waals surface area contributed by atoms with Gasteiger partial charge in [-0.25, -0.2) is 0 Å². The lowest BCUT2D eigenvalue weighted by Gasteiger charge is -1.42. The van der Waals surface area contributed by atoms with Crippen molar-refractivity contribution in [2.24, 2.45) is 0 Å². The first-order valence-electron chi connectivity index (χ1n) is 1.29. The van der Waals surface area contributed by atoms with E-state index in [1.807, 2.05) is 0 Å². The molecular formula is CH2S7. The van der Waals surface area contributed by atoms with Crippen molar-refractivity contribution in [3.8, 4) is 0 Å². The molecule has 0 radical (unpaired) electrons. The second-order valence-electron chi connectivity index (χ2n) is 0.526. The van der Waals surface area contributed by atoms with Gasteiger partial charge in [0, 0.05) is 0 Å².